The Hall–Kier alpha value is -2.80. The van der Waals surface area contributed by atoms with Crippen LogP contribution in [0.15, 0.2) is 48.9 Å². The minimum Gasteiger partial charge on any atom is -0.388 e. The van der Waals surface area contributed by atoms with Crippen molar-refractivity contribution in [2.24, 2.45) is 0 Å². The van der Waals surface area contributed by atoms with Crippen LogP contribution >= 0.6 is 0 Å². The van der Waals surface area contributed by atoms with Gasteiger partial charge in [-0.3, -0.25) is 9.20 Å². The largest absolute Gasteiger partial charge is 0.388 e. The van der Waals surface area contributed by atoms with Gasteiger partial charge >= 0.3 is 0 Å². The number of aliphatic hydroxyl groups is 1. The summed E-state index contributed by atoms with van der Waals surface area (Å²) < 4.78 is 14.6. The molecule has 0 spiro atoms. The lowest BCUT2D eigenvalue weighted by Crippen LogP contribution is -2.33. The number of aliphatic hydroxyl groups excluding tert-OH is 1. The molecule has 0 radical (unpaired) electrons. The molecule has 0 saturated heterocycles. The number of carbonyl (C=O) groups is 1. The molecule has 0 fully saturated rings. The molecule has 3 aromatic rings. The minimum atomic E-state index is -0.777. The highest BCUT2D eigenvalue weighted by Gasteiger charge is 2.16. The van der Waals surface area contributed by atoms with E-state index in [9.17, 15) is 14.3 Å². The molecule has 2 atom stereocenters. The summed E-state index contributed by atoms with van der Waals surface area (Å²) in [6.45, 7) is 1.81. The summed E-state index contributed by atoms with van der Waals surface area (Å²) in [6.07, 6.45) is 2.72. The van der Waals surface area contributed by atoms with Crippen LogP contribution < -0.4 is 5.32 Å². The van der Waals surface area contributed by atoms with Crippen molar-refractivity contribution in [3.63, 3.8) is 0 Å². The summed E-state index contributed by atoms with van der Waals surface area (Å²) in [4.78, 5) is 12.3. The van der Waals surface area contributed by atoms with Gasteiger partial charge in [0.1, 0.15) is 12.1 Å². The number of hydrogen-bond acceptors (Lipinski definition) is 4. The predicted molar refractivity (Wildman–Crippen MR) is 85.9 cm³/mol. The Kier molecular flexibility index (Phi) is 4.52. The van der Waals surface area contributed by atoms with E-state index < -0.39 is 6.10 Å². The van der Waals surface area contributed by atoms with Crippen LogP contribution in [0.4, 0.5) is 4.39 Å². The van der Waals surface area contributed by atoms with Gasteiger partial charge in [0.15, 0.2) is 5.65 Å². The Morgan fingerprint density at radius 1 is 1.29 bits per heavy atom. The summed E-state index contributed by atoms with van der Waals surface area (Å²) in [5, 5.41) is 20.7. The van der Waals surface area contributed by atoms with E-state index in [1.54, 1.807) is 22.7 Å². The van der Waals surface area contributed by atoms with E-state index in [0.717, 1.165) is 0 Å². The van der Waals surface area contributed by atoms with Gasteiger partial charge in [-0.05, 0) is 43.2 Å². The number of hydrogen-bond donors (Lipinski definition) is 2. The maximum Gasteiger partial charge on any atom is 0.252 e. The summed E-state index contributed by atoms with van der Waals surface area (Å²) in [5.41, 5.74) is 1.75. The van der Waals surface area contributed by atoms with Crippen LogP contribution in [-0.2, 0) is 0 Å². The molecule has 0 saturated carbocycles. The van der Waals surface area contributed by atoms with Crippen molar-refractivity contribution in [1.82, 2.24) is 19.9 Å². The van der Waals surface area contributed by atoms with Crippen molar-refractivity contribution >= 4 is 11.6 Å². The number of nitrogens with one attached hydrogen (secondary N) is 1. The smallest absolute Gasteiger partial charge is 0.252 e. The highest BCUT2D eigenvalue weighted by molar-refractivity contribution is 5.94. The van der Waals surface area contributed by atoms with E-state index in [0.29, 0.717) is 23.2 Å². The molecule has 24 heavy (non-hydrogen) atoms. The lowest BCUT2D eigenvalue weighted by molar-refractivity contribution is 0.0916. The molecular weight excluding hydrogens is 311 g/mol. The van der Waals surface area contributed by atoms with E-state index >= 15 is 0 Å². The highest BCUT2D eigenvalue weighted by atomic mass is 19.1. The first kappa shape index (κ1) is 16.1. The van der Waals surface area contributed by atoms with E-state index in [-0.39, 0.29) is 17.8 Å². The van der Waals surface area contributed by atoms with Crippen LogP contribution in [0.1, 0.15) is 35.4 Å². The first-order valence-electron chi connectivity index (χ1n) is 7.57. The zero-order chi connectivity index (χ0) is 17.1. The predicted octanol–water partition coefficient (Wildman–Crippen LogP) is 2.11. The second-order valence-corrected chi connectivity index (χ2v) is 5.69. The van der Waals surface area contributed by atoms with Crippen LogP contribution in [0, 0.1) is 5.82 Å². The van der Waals surface area contributed by atoms with E-state index in [2.05, 4.69) is 15.5 Å². The van der Waals surface area contributed by atoms with Gasteiger partial charge in [0, 0.05) is 12.2 Å². The molecule has 0 aliphatic rings. The first-order chi connectivity index (χ1) is 11.5. The third-order valence-electron chi connectivity index (χ3n) is 3.76. The zero-order valence-electron chi connectivity index (χ0n) is 13.1. The van der Waals surface area contributed by atoms with E-state index in [1.165, 1.54) is 30.6 Å². The molecule has 0 bridgehead atoms. The zero-order valence-corrected chi connectivity index (χ0v) is 13.1. The molecule has 6 nitrogen and oxygen atoms in total. The van der Waals surface area contributed by atoms with Crippen molar-refractivity contribution in [2.45, 2.75) is 25.5 Å². The van der Waals surface area contributed by atoms with E-state index in [4.69, 9.17) is 0 Å². The average Bonchev–Trinajstić information content (AvgIpc) is 3.02. The average molecular weight is 328 g/mol. The van der Waals surface area contributed by atoms with Crippen LogP contribution in [-0.4, -0.2) is 31.7 Å². The van der Waals surface area contributed by atoms with Crippen molar-refractivity contribution in [3.8, 4) is 0 Å². The first-order valence-corrected chi connectivity index (χ1v) is 7.57. The highest BCUT2D eigenvalue weighted by Crippen LogP contribution is 2.18. The molecule has 124 valence electrons. The van der Waals surface area contributed by atoms with Gasteiger partial charge in [-0.1, -0.05) is 12.1 Å². The van der Waals surface area contributed by atoms with Crippen molar-refractivity contribution in [1.29, 1.82) is 0 Å². The molecule has 0 aliphatic carbocycles. The van der Waals surface area contributed by atoms with Crippen LogP contribution in [0.25, 0.3) is 5.65 Å². The SMILES string of the molecule is CC(CC(O)c1ccc(F)cc1)NC(=O)c1ccc2nncn2c1. The van der Waals surface area contributed by atoms with E-state index in [1.807, 2.05) is 6.92 Å². The molecule has 2 heterocycles. The Balaban J connectivity index is 1.62. The minimum absolute atomic E-state index is 0.246. The second kappa shape index (κ2) is 6.76. The Bertz CT molecular complexity index is 847. The quantitative estimate of drug-likeness (QED) is 0.752. The Morgan fingerprint density at radius 2 is 2.04 bits per heavy atom. The third kappa shape index (κ3) is 3.57. The fourth-order valence-electron chi connectivity index (χ4n) is 2.48. The molecule has 1 aromatic carbocycles. The fourth-order valence-corrected chi connectivity index (χ4v) is 2.48. The van der Waals surface area contributed by atoms with Gasteiger partial charge in [0.2, 0.25) is 0 Å². The van der Waals surface area contributed by atoms with Gasteiger partial charge in [-0.25, -0.2) is 4.39 Å². The molecule has 3 rings (SSSR count). The van der Waals surface area contributed by atoms with Crippen molar-refractivity contribution in [2.75, 3.05) is 0 Å². The van der Waals surface area contributed by atoms with Crippen LogP contribution in [0.3, 0.4) is 0 Å². The summed E-state index contributed by atoms with van der Waals surface area (Å²) in [6, 6.07) is 8.80. The number of rotatable bonds is 5. The normalized spacial score (nSPS) is 13.6. The maximum atomic E-state index is 12.9. The maximum absolute atomic E-state index is 12.9. The van der Waals surface area contributed by atoms with Gasteiger partial charge < -0.3 is 10.4 Å². The number of carbonyl (C=O) groups excluding carboxylic acids is 1. The standard InChI is InChI=1S/C17H17FN4O2/c1-11(8-15(23)12-2-5-14(18)6-3-12)20-17(24)13-4-7-16-21-19-10-22(16)9-13/h2-7,9-11,15,23H,8H2,1H3,(H,20,24). The monoisotopic (exact) mass is 328 g/mol. The van der Waals surface area contributed by atoms with Crippen molar-refractivity contribution in [3.05, 3.63) is 65.9 Å². The Morgan fingerprint density at radius 3 is 2.79 bits per heavy atom. The van der Waals surface area contributed by atoms with Gasteiger partial charge in [-0.2, -0.15) is 0 Å². The number of nitrogens with zero attached hydrogens (tertiary/aromatic N) is 3. The third-order valence-corrected chi connectivity index (χ3v) is 3.76. The van der Waals surface area contributed by atoms with Crippen LogP contribution in [0.5, 0.6) is 0 Å². The Labute approximate surface area is 138 Å². The van der Waals surface area contributed by atoms with Crippen LogP contribution in [0.2, 0.25) is 0 Å². The van der Waals surface area contributed by atoms with Crippen molar-refractivity contribution < 1.29 is 14.3 Å². The molecular formula is C17H17FN4O2. The number of pyridine rings is 1. The number of halogens is 1. The topological polar surface area (TPSA) is 79.5 Å². The van der Waals surface area contributed by atoms with Gasteiger partial charge in [-0.15, -0.1) is 10.2 Å². The molecule has 2 N–H and O–H groups in total. The van der Waals surface area contributed by atoms with Gasteiger partial charge in [0.25, 0.3) is 5.91 Å². The summed E-state index contributed by atoms with van der Waals surface area (Å²) in [5.74, 6) is -0.596. The molecule has 0 aliphatic heterocycles. The number of amides is 1. The summed E-state index contributed by atoms with van der Waals surface area (Å²) in [7, 11) is 0. The molecule has 7 heteroatoms. The van der Waals surface area contributed by atoms with Gasteiger partial charge in [0.05, 0.1) is 11.7 Å². The molecule has 1 amide bonds. The number of aromatic nitrogens is 3. The molecule has 2 aromatic heterocycles. The number of fused-ring (bicyclic) bond motifs is 1. The molecule has 2 unspecified atom stereocenters. The number of benzene rings is 1. The summed E-state index contributed by atoms with van der Waals surface area (Å²) >= 11 is 0. The fraction of sp³-hybridized carbons (Fsp3) is 0.235. The second-order valence-electron chi connectivity index (χ2n) is 5.69. The lowest BCUT2D eigenvalue weighted by atomic mass is 10.0. The lowest BCUT2D eigenvalue weighted by Gasteiger charge is -2.18.